The standard InChI is InChI=1S/C12H16BrFN2O.ClH/c1-12(2,3)10(15)11(17)16-9-6-7(13)4-5-8(9)14;/h4-6,10H,15H2,1-3H3,(H,16,17);1H/t10-;/m1./s1. The summed E-state index contributed by atoms with van der Waals surface area (Å²) in [6.45, 7) is 5.57. The minimum Gasteiger partial charge on any atom is -0.322 e. The average Bonchev–Trinajstić information content (AvgIpc) is 2.21. The van der Waals surface area contributed by atoms with Gasteiger partial charge in [0.25, 0.3) is 0 Å². The van der Waals surface area contributed by atoms with Gasteiger partial charge in [0.1, 0.15) is 5.82 Å². The number of carbonyl (C=O) groups is 1. The van der Waals surface area contributed by atoms with Gasteiger partial charge in [-0.3, -0.25) is 4.79 Å². The molecule has 0 spiro atoms. The Bertz CT molecular complexity index is 435. The van der Waals surface area contributed by atoms with Crippen LogP contribution in [0.3, 0.4) is 0 Å². The quantitative estimate of drug-likeness (QED) is 0.868. The Balaban J connectivity index is 0.00000289. The monoisotopic (exact) mass is 338 g/mol. The number of rotatable bonds is 2. The van der Waals surface area contributed by atoms with Gasteiger partial charge >= 0.3 is 0 Å². The molecule has 6 heteroatoms. The van der Waals surface area contributed by atoms with E-state index in [-0.39, 0.29) is 23.5 Å². The van der Waals surface area contributed by atoms with Crippen molar-refractivity contribution in [2.45, 2.75) is 26.8 Å². The van der Waals surface area contributed by atoms with Gasteiger partial charge in [0.05, 0.1) is 11.7 Å². The lowest BCUT2D eigenvalue weighted by Gasteiger charge is -2.25. The van der Waals surface area contributed by atoms with E-state index < -0.39 is 17.8 Å². The third-order valence-electron chi connectivity index (χ3n) is 2.40. The first-order valence-electron chi connectivity index (χ1n) is 5.23. The fourth-order valence-corrected chi connectivity index (χ4v) is 1.56. The summed E-state index contributed by atoms with van der Waals surface area (Å²) in [6, 6.07) is 3.65. The Morgan fingerprint density at radius 2 is 2.00 bits per heavy atom. The predicted molar refractivity (Wildman–Crippen MR) is 77.4 cm³/mol. The number of anilines is 1. The van der Waals surface area contributed by atoms with Crippen LogP contribution in [-0.2, 0) is 4.79 Å². The molecule has 0 unspecified atom stereocenters. The number of carbonyl (C=O) groups excluding carboxylic acids is 1. The Morgan fingerprint density at radius 3 is 2.50 bits per heavy atom. The van der Waals surface area contributed by atoms with Crippen molar-refractivity contribution >= 4 is 39.9 Å². The topological polar surface area (TPSA) is 55.1 Å². The van der Waals surface area contributed by atoms with E-state index in [1.165, 1.54) is 12.1 Å². The predicted octanol–water partition coefficient (Wildman–Crippen LogP) is 3.32. The van der Waals surface area contributed by atoms with Crippen molar-refractivity contribution in [3.05, 3.63) is 28.5 Å². The van der Waals surface area contributed by atoms with E-state index in [2.05, 4.69) is 21.2 Å². The molecule has 1 rings (SSSR count). The molecule has 0 aliphatic rings. The summed E-state index contributed by atoms with van der Waals surface area (Å²) in [7, 11) is 0. The molecule has 0 radical (unpaired) electrons. The zero-order valence-corrected chi connectivity index (χ0v) is 12.9. The van der Waals surface area contributed by atoms with Gasteiger partial charge < -0.3 is 11.1 Å². The Kier molecular flexibility index (Phi) is 6.26. The molecule has 0 aliphatic carbocycles. The molecule has 102 valence electrons. The van der Waals surface area contributed by atoms with Crippen LogP contribution in [-0.4, -0.2) is 11.9 Å². The minimum absolute atomic E-state index is 0. The minimum atomic E-state index is -0.694. The van der Waals surface area contributed by atoms with Gasteiger partial charge in [0.15, 0.2) is 0 Å². The molecule has 3 nitrogen and oxygen atoms in total. The van der Waals surface area contributed by atoms with Crippen LogP contribution in [0.5, 0.6) is 0 Å². The molecular formula is C12H17BrClFN2O. The van der Waals surface area contributed by atoms with E-state index in [0.717, 1.165) is 0 Å². The lowest BCUT2D eigenvalue weighted by atomic mass is 9.87. The van der Waals surface area contributed by atoms with Crippen LogP contribution in [0.1, 0.15) is 20.8 Å². The van der Waals surface area contributed by atoms with E-state index in [1.54, 1.807) is 6.07 Å². The first kappa shape index (κ1) is 17.4. The average molecular weight is 340 g/mol. The van der Waals surface area contributed by atoms with E-state index in [9.17, 15) is 9.18 Å². The Labute approximate surface area is 121 Å². The second-order valence-corrected chi connectivity index (χ2v) is 5.87. The van der Waals surface area contributed by atoms with Crippen LogP contribution in [0.15, 0.2) is 22.7 Å². The molecule has 1 aromatic rings. The normalized spacial score (nSPS) is 12.6. The van der Waals surface area contributed by atoms with Crippen molar-refractivity contribution in [2.24, 2.45) is 11.1 Å². The molecule has 1 aromatic carbocycles. The fraction of sp³-hybridized carbons (Fsp3) is 0.417. The van der Waals surface area contributed by atoms with Gasteiger partial charge in [-0.15, -0.1) is 12.4 Å². The molecule has 18 heavy (non-hydrogen) atoms. The Morgan fingerprint density at radius 1 is 1.44 bits per heavy atom. The molecule has 1 atom stereocenters. The molecule has 0 saturated carbocycles. The summed E-state index contributed by atoms with van der Waals surface area (Å²) in [5.74, 6) is -0.878. The van der Waals surface area contributed by atoms with E-state index in [0.29, 0.717) is 4.47 Å². The summed E-state index contributed by atoms with van der Waals surface area (Å²) in [5, 5.41) is 2.49. The zero-order valence-electron chi connectivity index (χ0n) is 10.5. The first-order chi connectivity index (χ1) is 7.71. The van der Waals surface area contributed by atoms with Crippen molar-refractivity contribution in [1.29, 1.82) is 0 Å². The summed E-state index contributed by atoms with van der Waals surface area (Å²) in [6.07, 6.45) is 0. The second-order valence-electron chi connectivity index (χ2n) is 4.96. The molecule has 0 aromatic heterocycles. The summed E-state index contributed by atoms with van der Waals surface area (Å²) in [4.78, 5) is 11.8. The molecule has 0 saturated heterocycles. The first-order valence-corrected chi connectivity index (χ1v) is 6.02. The molecule has 0 aliphatic heterocycles. The van der Waals surface area contributed by atoms with E-state index in [4.69, 9.17) is 5.73 Å². The van der Waals surface area contributed by atoms with Gasteiger partial charge in [-0.1, -0.05) is 36.7 Å². The van der Waals surface area contributed by atoms with Crippen LogP contribution < -0.4 is 11.1 Å². The summed E-state index contributed by atoms with van der Waals surface area (Å²) in [5.41, 5.74) is 5.54. The van der Waals surface area contributed by atoms with Crippen LogP contribution in [0.2, 0.25) is 0 Å². The van der Waals surface area contributed by atoms with Crippen molar-refractivity contribution < 1.29 is 9.18 Å². The molecule has 0 fully saturated rings. The largest absolute Gasteiger partial charge is 0.322 e. The van der Waals surface area contributed by atoms with Gasteiger partial charge in [-0.05, 0) is 23.6 Å². The lowest BCUT2D eigenvalue weighted by molar-refractivity contribution is -0.119. The highest BCUT2D eigenvalue weighted by atomic mass is 79.9. The highest BCUT2D eigenvalue weighted by Gasteiger charge is 2.27. The molecule has 3 N–H and O–H groups in total. The number of hydrogen-bond acceptors (Lipinski definition) is 2. The van der Waals surface area contributed by atoms with Crippen LogP contribution in [0.4, 0.5) is 10.1 Å². The van der Waals surface area contributed by atoms with E-state index >= 15 is 0 Å². The smallest absolute Gasteiger partial charge is 0.241 e. The van der Waals surface area contributed by atoms with Crippen LogP contribution in [0, 0.1) is 11.2 Å². The fourth-order valence-electron chi connectivity index (χ4n) is 1.20. The number of hydrogen-bond donors (Lipinski definition) is 2. The number of nitrogens with two attached hydrogens (primary N) is 1. The summed E-state index contributed by atoms with van der Waals surface area (Å²) >= 11 is 3.21. The highest BCUT2D eigenvalue weighted by molar-refractivity contribution is 9.10. The SMILES string of the molecule is CC(C)(C)[C@H](N)C(=O)Nc1cc(Br)ccc1F.Cl. The number of nitrogens with one attached hydrogen (secondary N) is 1. The maximum Gasteiger partial charge on any atom is 0.241 e. The second kappa shape index (κ2) is 6.50. The molecule has 1 amide bonds. The van der Waals surface area contributed by atoms with Crippen molar-refractivity contribution in [3.8, 4) is 0 Å². The number of benzene rings is 1. The number of halogens is 3. The van der Waals surface area contributed by atoms with Gasteiger partial charge in [0, 0.05) is 4.47 Å². The maximum absolute atomic E-state index is 13.4. The van der Waals surface area contributed by atoms with Crippen molar-refractivity contribution in [3.63, 3.8) is 0 Å². The van der Waals surface area contributed by atoms with E-state index in [1.807, 2.05) is 20.8 Å². The van der Waals surface area contributed by atoms with Crippen molar-refractivity contribution in [1.82, 2.24) is 0 Å². The Hall–Kier alpha value is -0.650. The van der Waals surface area contributed by atoms with Crippen LogP contribution in [0.25, 0.3) is 0 Å². The summed E-state index contributed by atoms with van der Waals surface area (Å²) < 4.78 is 14.1. The van der Waals surface area contributed by atoms with Crippen molar-refractivity contribution in [2.75, 3.05) is 5.32 Å². The van der Waals surface area contributed by atoms with Gasteiger partial charge in [-0.2, -0.15) is 0 Å². The molecule has 0 bridgehead atoms. The third-order valence-corrected chi connectivity index (χ3v) is 2.90. The maximum atomic E-state index is 13.4. The van der Waals surface area contributed by atoms with Gasteiger partial charge in [0.2, 0.25) is 5.91 Å². The molecule has 0 heterocycles. The molecular weight excluding hydrogens is 322 g/mol. The number of amides is 1. The lowest BCUT2D eigenvalue weighted by Crippen LogP contribution is -2.45. The highest BCUT2D eigenvalue weighted by Crippen LogP contribution is 2.22. The van der Waals surface area contributed by atoms with Gasteiger partial charge in [-0.25, -0.2) is 4.39 Å². The third kappa shape index (κ3) is 4.55. The van der Waals surface area contributed by atoms with Crippen LogP contribution >= 0.6 is 28.3 Å². The zero-order chi connectivity index (χ0) is 13.2.